The number of para-hydroxylation sites is 1. The lowest BCUT2D eigenvalue weighted by molar-refractivity contribution is -0.113. The molecule has 0 aliphatic carbocycles. The number of amides is 1. The number of thioether (sulfide) groups is 1. The Bertz CT molecular complexity index is 631. The molecule has 20 heavy (non-hydrogen) atoms. The number of hydrogen-bond donors (Lipinski definition) is 1. The Morgan fingerprint density at radius 1 is 1.20 bits per heavy atom. The Morgan fingerprint density at radius 3 is 2.70 bits per heavy atom. The van der Waals surface area contributed by atoms with Gasteiger partial charge < -0.3 is 5.32 Å². The molecule has 0 aromatic heterocycles. The molecule has 0 atom stereocenters. The van der Waals surface area contributed by atoms with Crippen LogP contribution in [0.4, 0.5) is 5.69 Å². The molecule has 0 saturated carbocycles. The summed E-state index contributed by atoms with van der Waals surface area (Å²) < 4.78 is 1.91. The van der Waals surface area contributed by atoms with Gasteiger partial charge in [0.05, 0.1) is 11.4 Å². The minimum atomic E-state index is -0.0127. The summed E-state index contributed by atoms with van der Waals surface area (Å²) in [5.41, 5.74) is 1.97. The molecular weight excluding hydrogens is 402 g/mol. The number of nitrogens with one attached hydrogen (secondary N) is 1. The summed E-state index contributed by atoms with van der Waals surface area (Å²) in [5, 5.41) is 2.90. The first-order valence-electron chi connectivity index (χ1n) is 5.99. The Kier molecular flexibility index (Phi) is 5.69. The normalized spacial score (nSPS) is 10.3. The number of anilines is 1. The van der Waals surface area contributed by atoms with Crippen LogP contribution in [-0.4, -0.2) is 11.7 Å². The molecule has 2 aromatic rings. The molecule has 0 fully saturated rings. The Hall–Kier alpha value is -0.780. The molecule has 0 bridgehead atoms. The second-order valence-electron chi connectivity index (χ2n) is 4.23. The number of rotatable bonds is 4. The van der Waals surface area contributed by atoms with Crippen molar-refractivity contribution in [2.24, 2.45) is 0 Å². The number of carbonyl (C=O) groups is 1. The van der Waals surface area contributed by atoms with E-state index in [1.807, 2.05) is 49.4 Å². The van der Waals surface area contributed by atoms with Crippen molar-refractivity contribution in [2.45, 2.75) is 11.8 Å². The van der Waals surface area contributed by atoms with Crippen LogP contribution in [0.5, 0.6) is 0 Å². The van der Waals surface area contributed by atoms with Crippen LogP contribution in [0.3, 0.4) is 0 Å². The maximum atomic E-state index is 12.0. The molecule has 5 heteroatoms. The molecule has 0 unspecified atom stereocenters. The van der Waals surface area contributed by atoms with E-state index in [1.165, 1.54) is 17.3 Å². The van der Waals surface area contributed by atoms with Crippen molar-refractivity contribution in [2.75, 3.05) is 11.1 Å². The van der Waals surface area contributed by atoms with E-state index in [2.05, 4.69) is 37.2 Å². The fourth-order valence-electron chi connectivity index (χ4n) is 1.62. The molecule has 2 nitrogen and oxygen atoms in total. The van der Waals surface area contributed by atoms with Crippen LogP contribution in [0.1, 0.15) is 5.56 Å². The molecule has 104 valence electrons. The van der Waals surface area contributed by atoms with Crippen LogP contribution in [0.15, 0.2) is 56.3 Å². The third kappa shape index (κ3) is 4.36. The fourth-order valence-corrected chi connectivity index (χ4v) is 3.38. The van der Waals surface area contributed by atoms with E-state index in [-0.39, 0.29) is 5.91 Å². The standard InChI is InChI=1S/C15H13Br2NOS/c1-10-6-7-11(16)8-14(10)20-9-15(19)18-13-5-3-2-4-12(13)17/h2-8H,9H2,1H3,(H,18,19). The topological polar surface area (TPSA) is 29.1 Å². The van der Waals surface area contributed by atoms with E-state index >= 15 is 0 Å². The summed E-state index contributed by atoms with van der Waals surface area (Å²) in [6.07, 6.45) is 0. The largest absolute Gasteiger partial charge is 0.324 e. The SMILES string of the molecule is Cc1ccc(Br)cc1SCC(=O)Nc1ccccc1Br. The van der Waals surface area contributed by atoms with Gasteiger partial charge in [-0.1, -0.05) is 34.1 Å². The first kappa shape index (κ1) is 15.6. The maximum absolute atomic E-state index is 12.0. The van der Waals surface area contributed by atoms with E-state index < -0.39 is 0 Å². The summed E-state index contributed by atoms with van der Waals surface area (Å²) in [5.74, 6) is 0.375. The van der Waals surface area contributed by atoms with Crippen LogP contribution in [0.25, 0.3) is 0 Å². The van der Waals surface area contributed by atoms with Crippen LogP contribution < -0.4 is 5.32 Å². The average molecular weight is 415 g/mol. The van der Waals surface area contributed by atoms with Crippen molar-refractivity contribution in [1.82, 2.24) is 0 Å². The highest BCUT2D eigenvalue weighted by molar-refractivity contribution is 9.10. The van der Waals surface area contributed by atoms with Crippen molar-refractivity contribution in [3.05, 3.63) is 57.0 Å². The highest BCUT2D eigenvalue weighted by Gasteiger charge is 2.07. The summed E-state index contributed by atoms with van der Waals surface area (Å²) in [6.45, 7) is 2.04. The van der Waals surface area contributed by atoms with Crippen molar-refractivity contribution in [3.63, 3.8) is 0 Å². The minimum Gasteiger partial charge on any atom is -0.324 e. The zero-order valence-corrected chi connectivity index (χ0v) is 14.8. The Labute approximate surface area is 139 Å². The summed E-state index contributed by atoms with van der Waals surface area (Å²) in [6, 6.07) is 13.7. The van der Waals surface area contributed by atoms with E-state index in [9.17, 15) is 4.79 Å². The van der Waals surface area contributed by atoms with Gasteiger partial charge in [0.25, 0.3) is 0 Å². The molecule has 0 saturated heterocycles. The molecule has 0 spiro atoms. The summed E-state index contributed by atoms with van der Waals surface area (Å²) in [7, 11) is 0. The van der Waals surface area contributed by atoms with Gasteiger partial charge >= 0.3 is 0 Å². The second kappa shape index (κ2) is 7.29. The predicted molar refractivity (Wildman–Crippen MR) is 92.4 cm³/mol. The number of halogens is 2. The van der Waals surface area contributed by atoms with Crippen LogP contribution in [0.2, 0.25) is 0 Å². The predicted octanol–water partition coefficient (Wildman–Crippen LogP) is 5.25. The van der Waals surface area contributed by atoms with E-state index in [1.54, 1.807) is 0 Å². The number of carbonyl (C=O) groups excluding carboxylic acids is 1. The molecule has 2 rings (SSSR count). The number of benzene rings is 2. The molecule has 1 N–H and O–H groups in total. The van der Waals surface area contributed by atoms with Gasteiger partial charge in [-0.2, -0.15) is 0 Å². The van der Waals surface area contributed by atoms with Crippen LogP contribution >= 0.6 is 43.6 Å². The second-order valence-corrected chi connectivity index (χ2v) is 7.01. The van der Waals surface area contributed by atoms with Gasteiger partial charge in [0.15, 0.2) is 0 Å². The smallest absolute Gasteiger partial charge is 0.234 e. The van der Waals surface area contributed by atoms with Gasteiger partial charge in [0.1, 0.15) is 0 Å². The summed E-state index contributed by atoms with van der Waals surface area (Å²) in [4.78, 5) is 13.1. The molecular formula is C15H13Br2NOS. The van der Waals surface area contributed by atoms with Crippen molar-refractivity contribution in [1.29, 1.82) is 0 Å². The average Bonchev–Trinajstić information content (AvgIpc) is 2.42. The maximum Gasteiger partial charge on any atom is 0.234 e. The lowest BCUT2D eigenvalue weighted by Gasteiger charge is -2.08. The van der Waals surface area contributed by atoms with Gasteiger partial charge in [-0.05, 0) is 52.7 Å². The van der Waals surface area contributed by atoms with Crippen molar-refractivity contribution < 1.29 is 4.79 Å². The van der Waals surface area contributed by atoms with E-state index in [4.69, 9.17) is 0 Å². The first-order chi connectivity index (χ1) is 9.56. The lowest BCUT2D eigenvalue weighted by Crippen LogP contribution is -2.14. The van der Waals surface area contributed by atoms with Gasteiger partial charge in [-0.3, -0.25) is 4.79 Å². The lowest BCUT2D eigenvalue weighted by atomic mass is 10.2. The highest BCUT2D eigenvalue weighted by Crippen LogP contribution is 2.26. The molecule has 2 aromatic carbocycles. The third-order valence-corrected chi connectivity index (χ3v) is 5.00. The zero-order chi connectivity index (χ0) is 14.5. The quantitative estimate of drug-likeness (QED) is 0.692. The minimum absolute atomic E-state index is 0.0127. The first-order valence-corrected chi connectivity index (χ1v) is 8.57. The molecule has 0 aliphatic heterocycles. The monoisotopic (exact) mass is 413 g/mol. The van der Waals surface area contributed by atoms with Crippen molar-refractivity contribution in [3.8, 4) is 0 Å². The third-order valence-electron chi connectivity index (χ3n) is 2.66. The van der Waals surface area contributed by atoms with Gasteiger partial charge in [-0.15, -0.1) is 11.8 Å². The van der Waals surface area contributed by atoms with E-state index in [0.717, 1.165) is 19.5 Å². The molecule has 1 amide bonds. The van der Waals surface area contributed by atoms with Crippen molar-refractivity contribution >= 4 is 55.2 Å². The molecule has 0 heterocycles. The zero-order valence-electron chi connectivity index (χ0n) is 10.8. The number of aryl methyl sites for hydroxylation is 1. The van der Waals surface area contributed by atoms with Crippen LogP contribution in [-0.2, 0) is 4.79 Å². The van der Waals surface area contributed by atoms with Crippen LogP contribution in [0, 0.1) is 6.92 Å². The van der Waals surface area contributed by atoms with E-state index in [0.29, 0.717) is 5.75 Å². The highest BCUT2D eigenvalue weighted by atomic mass is 79.9. The fraction of sp³-hybridized carbons (Fsp3) is 0.133. The Balaban J connectivity index is 1.96. The number of hydrogen-bond acceptors (Lipinski definition) is 2. The summed E-state index contributed by atoms with van der Waals surface area (Å²) >= 11 is 8.40. The van der Waals surface area contributed by atoms with Gasteiger partial charge in [-0.25, -0.2) is 0 Å². The Morgan fingerprint density at radius 2 is 1.95 bits per heavy atom. The molecule has 0 radical (unpaired) electrons. The van der Waals surface area contributed by atoms with Gasteiger partial charge in [0.2, 0.25) is 5.91 Å². The van der Waals surface area contributed by atoms with Gasteiger partial charge in [0, 0.05) is 13.8 Å². The molecule has 0 aliphatic rings.